The van der Waals surface area contributed by atoms with E-state index in [1.807, 2.05) is 31.7 Å². The maximum atomic E-state index is 13.0. The van der Waals surface area contributed by atoms with Crippen LogP contribution in [-0.4, -0.2) is 44.6 Å². The Morgan fingerprint density at radius 2 is 1.91 bits per heavy atom. The number of nitrogens with zero attached hydrogens (tertiary/aromatic N) is 6. The maximum Gasteiger partial charge on any atom is 0.416 e. The van der Waals surface area contributed by atoms with Crippen LogP contribution in [0.3, 0.4) is 0 Å². The number of aryl methyl sites for hydroxylation is 1. The van der Waals surface area contributed by atoms with E-state index in [0.29, 0.717) is 24.1 Å². The topological polar surface area (TPSA) is 78.1 Å². The molecule has 0 aliphatic carbocycles. The summed E-state index contributed by atoms with van der Waals surface area (Å²) >= 11 is 0. The lowest BCUT2D eigenvalue weighted by atomic mass is 9.98. The summed E-state index contributed by atoms with van der Waals surface area (Å²) in [7, 11) is 0. The van der Waals surface area contributed by atoms with Gasteiger partial charge in [-0.2, -0.15) is 23.4 Å². The molecule has 3 atom stereocenters. The Labute approximate surface area is 205 Å². The summed E-state index contributed by atoms with van der Waals surface area (Å²) in [4.78, 5) is 25.4. The number of hydrogen-bond donors (Lipinski definition) is 0. The van der Waals surface area contributed by atoms with E-state index in [-0.39, 0.29) is 40.7 Å². The number of halogens is 3. The Morgan fingerprint density at radius 1 is 1.20 bits per heavy atom. The first kappa shape index (κ1) is 20.9. The van der Waals surface area contributed by atoms with Crippen LogP contribution >= 0.6 is 0 Å². The average Bonchev–Trinajstić information content (AvgIpc) is 2.86. The van der Waals surface area contributed by atoms with Crippen LogP contribution in [-0.2, 0) is 13.2 Å². The lowest BCUT2D eigenvalue weighted by molar-refractivity contribution is -0.137. The monoisotopic (exact) mass is 487 g/mol. The molecule has 1 fully saturated rings. The molecule has 2 aromatic heterocycles. The van der Waals surface area contributed by atoms with E-state index in [1.165, 1.54) is 24.3 Å². The molecule has 35 heavy (non-hydrogen) atoms. The highest BCUT2D eigenvalue weighted by molar-refractivity contribution is 5.86. The van der Waals surface area contributed by atoms with Gasteiger partial charge in [-0.25, -0.2) is 9.78 Å². The second-order valence-electron chi connectivity index (χ2n) is 8.79. The predicted molar refractivity (Wildman–Crippen MR) is 127 cm³/mol. The first-order valence-corrected chi connectivity index (χ1v) is 11.3. The molecule has 1 aliphatic heterocycles. The van der Waals surface area contributed by atoms with Crippen molar-refractivity contribution < 1.29 is 17.3 Å². The largest absolute Gasteiger partial charge is 0.416 e. The van der Waals surface area contributed by atoms with Gasteiger partial charge < -0.3 is 4.90 Å². The minimum Gasteiger partial charge on any atom is -0.349 e. The molecule has 0 amide bonds. The van der Waals surface area contributed by atoms with Crippen molar-refractivity contribution in [2.45, 2.75) is 51.5 Å². The summed E-state index contributed by atoms with van der Waals surface area (Å²) in [6.07, 6.45) is -3.70. The molecule has 1 aromatic carbocycles. The fourth-order valence-corrected chi connectivity index (χ4v) is 4.70. The summed E-state index contributed by atoms with van der Waals surface area (Å²) in [5.41, 5.74) is -0.634. The Balaban J connectivity index is 1.72. The van der Waals surface area contributed by atoms with Gasteiger partial charge in [0, 0.05) is 42.3 Å². The third-order valence-corrected chi connectivity index (χ3v) is 6.68. The van der Waals surface area contributed by atoms with Crippen molar-refractivity contribution in [1.29, 1.82) is 5.26 Å². The van der Waals surface area contributed by atoms with Crippen LogP contribution in [0, 0.1) is 11.3 Å². The normalized spacial score (nSPS) is 21.7. The number of piperazine rings is 1. The van der Waals surface area contributed by atoms with Gasteiger partial charge in [0.15, 0.2) is 5.82 Å². The van der Waals surface area contributed by atoms with E-state index in [2.05, 4.69) is 14.9 Å². The number of alkyl halides is 3. The van der Waals surface area contributed by atoms with Gasteiger partial charge in [0.05, 0.1) is 11.1 Å². The van der Waals surface area contributed by atoms with Crippen LogP contribution in [0.5, 0.6) is 0 Å². The van der Waals surface area contributed by atoms with Crippen LogP contribution in [0.15, 0.2) is 41.2 Å². The quantitative estimate of drug-likeness (QED) is 0.547. The zero-order valence-electron chi connectivity index (χ0n) is 22.5. The van der Waals surface area contributed by atoms with Crippen molar-refractivity contribution in [3.05, 3.63) is 63.7 Å². The predicted octanol–water partition coefficient (Wildman–Crippen LogP) is 4.27. The van der Waals surface area contributed by atoms with Gasteiger partial charge in [0.25, 0.3) is 0 Å². The second-order valence-corrected chi connectivity index (χ2v) is 8.79. The molecule has 7 nitrogen and oxygen atoms in total. The first-order valence-electron chi connectivity index (χ1n) is 12.8. The van der Waals surface area contributed by atoms with Crippen LogP contribution < -0.4 is 10.6 Å². The van der Waals surface area contributed by atoms with Gasteiger partial charge in [-0.3, -0.25) is 9.47 Å². The summed E-state index contributed by atoms with van der Waals surface area (Å²) in [5, 5.41) is 9.38. The molecule has 10 heteroatoms. The minimum atomic E-state index is -4.41. The van der Waals surface area contributed by atoms with Crippen LogP contribution in [0.2, 0.25) is 0 Å². The standard InChI is InChI=1S/C25H27F3N6O/c1-5-20-14-33(23-22-21(32(4)24(35)31-23)11-10-19(12-29)30-22)15(2)13-34(20)16(3)17-6-8-18(9-7-17)25(26,27)28/h6-11,15-16,20H,5,13-14H2,1-4H3/t15-,16?,20+/m0/s1/i4D3. The van der Waals surface area contributed by atoms with Crippen molar-refractivity contribution in [2.24, 2.45) is 6.98 Å². The molecule has 1 aliphatic rings. The van der Waals surface area contributed by atoms with Crippen molar-refractivity contribution in [2.75, 3.05) is 18.0 Å². The molecule has 1 unspecified atom stereocenters. The zero-order chi connectivity index (χ0) is 28.0. The minimum absolute atomic E-state index is 0.0514. The van der Waals surface area contributed by atoms with Crippen LogP contribution in [0.4, 0.5) is 19.0 Å². The summed E-state index contributed by atoms with van der Waals surface area (Å²) < 4.78 is 63.1. The van der Waals surface area contributed by atoms with Gasteiger partial charge in [0.2, 0.25) is 0 Å². The fraction of sp³-hybridized carbons (Fsp3) is 0.440. The lowest BCUT2D eigenvalue weighted by Crippen LogP contribution is -2.58. The highest BCUT2D eigenvalue weighted by Crippen LogP contribution is 2.34. The molecule has 0 radical (unpaired) electrons. The Kier molecular flexibility index (Phi) is 5.55. The molecule has 3 heterocycles. The number of anilines is 1. The van der Waals surface area contributed by atoms with E-state index in [9.17, 15) is 23.2 Å². The van der Waals surface area contributed by atoms with E-state index >= 15 is 0 Å². The van der Waals surface area contributed by atoms with E-state index in [0.717, 1.165) is 17.7 Å². The third-order valence-electron chi connectivity index (χ3n) is 6.68. The van der Waals surface area contributed by atoms with Gasteiger partial charge in [0.1, 0.15) is 17.3 Å². The highest BCUT2D eigenvalue weighted by Gasteiger charge is 2.36. The molecule has 0 N–H and O–H groups in total. The summed E-state index contributed by atoms with van der Waals surface area (Å²) in [6.45, 7) is 4.00. The maximum absolute atomic E-state index is 13.0. The molecular formula is C25H27F3N6O. The second kappa shape index (κ2) is 9.30. The number of aromatic nitrogens is 3. The smallest absolute Gasteiger partial charge is 0.349 e. The molecule has 0 saturated carbocycles. The SMILES string of the molecule is [2H]C([2H])([2H])n1c(=O)nc(N2C[C@@H](CC)N(C(C)c3ccc(C(F)(F)F)cc3)C[C@@H]2C)c2nc(C#N)ccc21. The van der Waals surface area contributed by atoms with Crippen molar-refractivity contribution in [3.63, 3.8) is 0 Å². The Hall–Kier alpha value is -3.45. The lowest BCUT2D eigenvalue weighted by Gasteiger charge is -2.48. The summed E-state index contributed by atoms with van der Waals surface area (Å²) in [6, 6.07) is 9.41. The Morgan fingerprint density at radius 3 is 2.51 bits per heavy atom. The number of benzene rings is 1. The van der Waals surface area contributed by atoms with Gasteiger partial charge in [-0.1, -0.05) is 19.1 Å². The van der Waals surface area contributed by atoms with Crippen LogP contribution in [0.1, 0.15) is 54.2 Å². The number of hydrogen-bond acceptors (Lipinski definition) is 6. The molecule has 0 bridgehead atoms. The van der Waals surface area contributed by atoms with E-state index < -0.39 is 24.4 Å². The Bertz CT molecular complexity index is 1430. The molecule has 4 rings (SSSR count). The summed E-state index contributed by atoms with van der Waals surface area (Å²) in [5.74, 6) is 0.204. The first-order chi connectivity index (χ1) is 17.8. The number of pyridine rings is 1. The number of nitriles is 1. The molecule has 184 valence electrons. The van der Waals surface area contributed by atoms with Gasteiger partial charge >= 0.3 is 11.9 Å². The van der Waals surface area contributed by atoms with Crippen molar-refractivity contribution in [1.82, 2.24) is 19.4 Å². The molecule has 0 spiro atoms. The van der Waals surface area contributed by atoms with Crippen molar-refractivity contribution >= 4 is 16.9 Å². The fourth-order valence-electron chi connectivity index (χ4n) is 4.70. The van der Waals surface area contributed by atoms with E-state index in [1.54, 1.807) is 0 Å². The van der Waals surface area contributed by atoms with E-state index in [4.69, 9.17) is 4.11 Å². The van der Waals surface area contributed by atoms with Crippen molar-refractivity contribution in [3.8, 4) is 6.07 Å². The molecular weight excluding hydrogens is 457 g/mol. The molecule has 3 aromatic rings. The van der Waals surface area contributed by atoms with Crippen LogP contribution in [0.25, 0.3) is 11.0 Å². The average molecular weight is 488 g/mol. The van der Waals surface area contributed by atoms with Gasteiger partial charge in [-0.15, -0.1) is 0 Å². The zero-order valence-corrected chi connectivity index (χ0v) is 19.5. The highest BCUT2D eigenvalue weighted by atomic mass is 19.4. The molecule has 1 saturated heterocycles. The number of rotatable bonds is 4. The third kappa shape index (κ3) is 4.60. The van der Waals surface area contributed by atoms with Gasteiger partial charge in [-0.05, 0) is 50.1 Å². The number of fused-ring (bicyclic) bond motifs is 1.